The molecule has 2 N–H and O–H groups in total. The Labute approximate surface area is 200 Å². The summed E-state index contributed by atoms with van der Waals surface area (Å²) < 4.78 is 5.78. The molecule has 0 saturated heterocycles. The van der Waals surface area contributed by atoms with E-state index in [0.29, 0.717) is 19.3 Å². The van der Waals surface area contributed by atoms with Gasteiger partial charge in [-0.15, -0.1) is 11.3 Å². The summed E-state index contributed by atoms with van der Waals surface area (Å²) in [6.45, 7) is 7.58. The predicted octanol–water partition coefficient (Wildman–Crippen LogP) is 4.63. The Morgan fingerprint density at radius 2 is 1.97 bits per heavy atom. The Morgan fingerprint density at radius 1 is 1.24 bits per heavy atom. The fourth-order valence-corrected chi connectivity index (χ4v) is 5.28. The van der Waals surface area contributed by atoms with E-state index in [9.17, 15) is 19.8 Å². The molecule has 0 amide bonds. The molecule has 0 bridgehead atoms. The van der Waals surface area contributed by atoms with Crippen molar-refractivity contribution in [3.8, 4) is 0 Å². The first-order valence-electron chi connectivity index (χ1n) is 12.0. The van der Waals surface area contributed by atoms with Gasteiger partial charge < -0.3 is 14.9 Å². The number of hydrogen-bond donors (Lipinski definition) is 2. The lowest BCUT2D eigenvalue weighted by Crippen LogP contribution is -2.41. The molecule has 2 aliphatic rings. The van der Waals surface area contributed by atoms with Crippen molar-refractivity contribution in [2.75, 3.05) is 0 Å². The number of carbonyl (C=O) groups excluding carboxylic acids is 2. The van der Waals surface area contributed by atoms with Crippen molar-refractivity contribution < 1.29 is 24.5 Å². The standard InChI is InChI=1S/C26H37NO5S/c1-16-9-7-5-6-8-10-21(17(2)13-20-15-33-19(4)27-20)32-23(29)14-22(28)26(11-12-26)25(31)18(3)24(16)30/h6,8,13,15-16,18,21-22,24,28,30H,5,7,9-12,14H2,1-4H3/b8-6-,17-13+/t16-,18+,21-,22-,24-/m0/s1. The van der Waals surface area contributed by atoms with Gasteiger partial charge in [-0.2, -0.15) is 0 Å². The monoisotopic (exact) mass is 475 g/mol. The number of aliphatic hydroxyl groups excluding tert-OH is 2. The molecule has 2 heterocycles. The highest BCUT2D eigenvalue weighted by molar-refractivity contribution is 7.09. The normalized spacial score (nSPS) is 33.0. The number of Topliss-reactive ketones (excluding diaryl/α,β-unsaturated/α-hetero) is 1. The van der Waals surface area contributed by atoms with Crippen LogP contribution in [0.25, 0.3) is 6.08 Å². The highest BCUT2D eigenvalue weighted by Gasteiger charge is 2.57. The molecule has 1 aliphatic heterocycles. The predicted molar refractivity (Wildman–Crippen MR) is 130 cm³/mol. The van der Waals surface area contributed by atoms with Crippen molar-refractivity contribution in [3.05, 3.63) is 33.8 Å². The van der Waals surface area contributed by atoms with Crippen LogP contribution in [-0.4, -0.2) is 45.3 Å². The minimum Gasteiger partial charge on any atom is -0.457 e. The number of carbonyl (C=O) groups is 2. The molecule has 7 heteroatoms. The maximum absolute atomic E-state index is 13.2. The van der Waals surface area contributed by atoms with Gasteiger partial charge in [0.25, 0.3) is 0 Å². The number of hydrogen-bond acceptors (Lipinski definition) is 7. The largest absolute Gasteiger partial charge is 0.457 e. The molecule has 0 aromatic carbocycles. The van der Waals surface area contributed by atoms with E-state index in [1.165, 1.54) is 0 Å². The number of thiazole rings is 1. The lowest BCUT2D eigenvalue weighted by Gasteiger charge is -2.29. The first-order chi connectivity index (χ1) is 15.6. The lowest BCUT2D eigenvalue weighted by molar-refractivity contribution is -0.152. The highest BCUT2D eigenvalue weighted by atomic mass is 32.1. The van der Waals surface area contributed by atoms with E-state index >= 15 is 0 Å². The molecule has 1 spiro atoms. The van der Waals surface area contributed by atoms with E-state index in [2.05, 4.69) is 11.1 Å². The van der Waals surface area contributed by atoms with Crippen LogP contribution in [0.5, 0.6) is 0 Å². The van der Waals surface area contributed by atoms with Gasteiger partial charge in [-0.1, -0.05) is 26.0 Å². The first-order valence-corrected chi connectivity index (χ1v) is 12.9. The van der Waals surface area contributed by atoms with E-state index in [-0.39, 0.29) is 18.1 Å². The molecule has 3 rings (SSSR count). The summed E-state index contributed by atoms with van der Waals surface area (Å²) in [5.74, 6) is -1.24. The number of nitrogens with zero attached hydrogens (tertiary/aromatic N) is 1. The van der Waals surface area contributed by atoms with Crippen molar-refractivity contribution >= 4 is 29.2 Å². The molecule has 1 aromatic rings. The van der Waals surface area contributed by atoms with E-state index in [4.69, 9.17) is 4.74 Å². The van der Waals surface area contributed by atoms with Crippen molar-refractivity contribution in [2.45, 2.75) is 91.0 Å². The van der Waals surface area contributed by atoms with E-state index < -0.39 is 35.6 Å². The summed E-state index contributed by atoms with van der Waals surface area (Å²) in [5, 5.41) is 24.5. The molecule has 182 valence electrons. The number of aliphatic hydroxyl groups is 2. The molecule has 1 fully saturated rings. The van der Waals surface area contributed by atoms with Crippen LogP contribution in [0.4, 0.5) is 0 Å². The van der Waals surface area contributed by atoms with E-state index in [1.54, 1.807) is 18.3 Å². The van der Waals surface area contributed by atoms with E-state index in [0.717, 1.165) is 35.5 Å². The van der Waals surface area contributed by atoms with Crippen LogP contribution < -0.4 is 0 Å². The van der Waals surface area contributed by atoms with Crippen molar-refractivity contribution in [1.29, 1.82) is 0 Å². The molecule has 0 unspecified atom stereocenters. The van der Waals surface area contributed by atoms with Crippen LogP contribution >= 0.6 is 11.3 Å². The van der Waals surface area contributed by atoms with Gasteiger partial charge in [-0.05, 0) is 63.5 Å². The van der Waals surface area contributed by atoms with Gasteiger partial charge in [-0.3, -0.25) is 9.59 Å². The third kappa shape index (κ3) is 6.40. The zero-order chi connectivity index (χ0) is 24.2. The van der Waals surface area contributed by atoms with E-state index in [1.807, 2.05) is 38.3 Å². The van der Waals surface area contributed by atoms with Gasteiger partial charge in [-0.25, -0.2) is 4.98 Å². The van der Waals surface area contributed by atoms with Crippen LogP contribution in [0.3, 0.4) is 0 Å². The Kier molecular flexibility index (Phi) is 8.65. The second-order valence-corrected chi connectivity index (χ2v) is 10.9. The number of cyclic esters (lactones) is 1. The topological polar surface area (TPSA) is 96.7 Å². The van der Waals surface area contributed by atoms with Crippen molar-refractivity contribution in [2.24, 2.45) is 17.3 Å². The number of aryl methyl sites for hydroxylation is 1. The van der Waals surface area contributed by atoms with Gasteiger partial charge >= 0.3 is 5.97 Å². The number of rotatable bonds is 2. The average Bonchev–Trinajstić information content (AvgIpc) is 3.49. The second-order valence-electron chi connectivity index (χ2n) is 9.79. The third-order valence-corrected chi connectivity index (χ3v) is 7.92. The van der Waals surface area contributed by atoms with Crippen molar-refractivity contribution in [1.82, 2.24) is 4.98 Å². The highest BCUT2D eigenvalue weighted by Crippen LogP contribution is 2.52. The minimum atomic E-state index is -1.10. The van der Waals surface area contributed by atoms with Crippen LogP contribution in [0, 0.1) is 24.2 Å². The van der Waals surface area contributed by atoms with Crippen LogP contribution in [0.1, 0.15) is 76.4 Å². The summed E-state index contributed by atoms with van der Waals surface area (Å²) in [6.07, 6.45) is 7.70. The summed E-state index contributed by atoms with van der Waals surface area (Å²) in [4.78, 5) is 30.4. The quantitative estimate of drug-likeness (QED) is 0.478. The molecule has 6 nitrogen and oxygen atoms in total. The Hall–Kier alpha value is -1.83. The second kappa shape index (κ2) is 11.1. The van der Waals surface area contributed by atoms with Crippen LogP contribution in [-0.2, 0) is 14.3 Å². The Morgan fingerprint density at radius 3 is 2.61 bits per heavy atom. The fourth-order valence-electron chi connectivity index (χ4n) is 4.71. The molecular formula is C26H37NO5S. The summed E-state index contributed by atoms with van der Waals surface area (Å²) >= 11 is 1.57. The number of allylic oxidation sites excluding steroid dienone is 1. The zero-order valence-corrected chi connectivity index (χ0v) is 20.9. The molecule has 5 atom stereocenters. The number of esters is 1. The van der Waals surface area contributed by atoms with Gasteiger partial charge in [0, 0.05) is 17.7 Å². The summed E-state index contributed by atoms with van der Waals surface area (Å²) in [6, 6.07) is 0. The Balaban J connectivity index is 1.80. The summed E-state index contributed by atoms with van der Waals surface area (Å²) in [7, 11) is 0. The molecule has 1 aromatic heterocycles. The number of ether oxygens (including phenoxy) is 1. The summed E-state index contributed by atoms with van der Waals surface area (Å²) in [5.41, 5.74) is 0.789. The van der Waals surface area contributed by atoms with Gasteiger partial charge in [0.2, 0.25) is 0 Å². The SMILES string of the molecule is C/C(=C\c1csc(C)n1)[C@@H]1C/C=C\CCC[C@H](C)[C@H](O)[C@@H](C)C(=O)C2(CC2)[C@@H](O)CC(=O)O1. The van der Waals surface area contributed by atoms with Gasteiger partial charge in [0.05, 0.1) is 34.7 Å². The minimum absolute atomic E-state index is 0.0114. The van der Waals surface area contributed by atoms with Gasteiger partial charge in [0.15, 0.2) is 0 Å². The maximum Gasteiger partial charge on any atom is 0.309 e. The number of ketones is 1. The lowest BCUT2D eigenvalue weighted by atomic mass is 9.79. The average molecular weight is 476 g/mol. The van der Waals surface area contributed by atoms with Crippen molar-refractivity contribution in [3.63, 3.8) is 0 Å². The van der Waals surface area contributed by atoms with Crippen LogP contribution in [0.15, 0.2) is 23.1 Å². The smallest absolute Gasteiger partial charge is 0.309 e. The molecule has 33 heavy (non-hydrogen) atoms. The molecule has 1 saturated carbocycles. The fraction of sp³-hybridized carbons (Fsp3) is 0.654. The zero-order valence-electron chi connectivity index (χ0n) is 20.1. The molecule has 1 aliphatic carbocycles. The molecular weight excluding hydrogens is 438 g/mol. The van der Waals surface area contributed by atoms with Crippen LogP contribution in [0.2, 0.25) is 0 Å². The molecule has 0 radical (unpaired) electrons. The van der Waals surface area contributed by atoms with Gasteiger partial charge in [0.1, 0.15) is 11.9 Å². The Bertz CT molecular complexity index is 900. The third-order valence-electron chi connectivity index (χ3n) is 7.13. The first kappa shape index (κ1) is 25.8. The number of aromatic nitrogens is 1. The maximum atomic E-state index is 13.2.